The quantitative estimate of drug-likeness (QED) is 0.679. The first-order valence-electron chi connectivity index (χ1n) is 8.69. The predicted octanol–water partition coefficient (Wildman–Crippen LogP) is 2.31. The number of halogens is 4. The van der Waals surface area contributed by atoms with Crippen LogP contribution in [0.2, 0.25) is 0 Å². The van der Waals surface area contributed by atoms with Crippen LogP contribution in [0.25, 0.3) is 0 Å². The number of alkyl halides is 3. The first kappa shape index (κ1) is 22.6. The molecule has 0 aliphatic carbocycles. The van der Waals surface area contributed by atoms with Crippen LogP contribution in [-0.2, 0) is 19.6 Å². The molecule has 1 saturated heterocycles. The minimum absolute atomic E-state index is 0.0539. The zero-order valence-electron chi connectivity index (χ0n) is 15.2. The Hall–Kier alpha value is -1.72. The van der Waals surface area contributed by atoms with Gasteiger partial charge in [-0.1, -0.05) is 0 Å². The molecule has 1 aliphatic rings. The Balaban J connectivity index is 1.93. The molecule has 0 radical (unpaired) electrons. The van der Waals surface area contributed by atoms with Crippen LogP contribution in [-0.4, -0.2) is 57.2 Å². The third kappa shape index (κ3) is 6.42. The SMILES string of the molecule is CC(COCC(F)(F)F)NC(=O)C1CCCN(S(=O)(=O)c2ccc(F)cc2)C1. The second-order valence-corrected chi connectivity index (χ2v) is 8.63. The van der Waals surface area contributed by atoms with Gasteiger partial charge in [0.1, 0.15) is 12.4 Å². The second kappa shape index (κ2) is 9.19. The van der Waals surface area contributed by atoms with Crippen LogP contribution in [0.4, 0.5) is 17.6 Å². The molecule has 6 nitrogen and oxygen atoms in total. The van der Waals surface area contributed by atoms with E-state index in [4.69, 9.17) is 0 Å². The Labute approximate surface area is 160 Å². The van der Waals surface area contributed by atoms with E-state index in [-0.39, 0.29) is 24.6 Å². The van der Waals surface area contributed by atoms with Crippen LogP contribution in [0.1, 0.15) is 19.8 Å². The van der Waals surface area contributed by atoms with Crippen molar-refractivity contribution in [2.75, 3.05) is 26.3 Å². The molecule has 0 saturated carbocycles. The number of carbonyl (C=O) groups excluding carboxylic acids is 1. The summed E-state index contributed by atoms with van der Waals surface area (Å²) in [6, 6.07) is 3.76. The number of benzene rings is 1. The number of amides is 1. The molecule has 2 atom stereocenters. The summed E-state index contributed by atoms with van der Waals surface area (Å²) in [4.78, 5) is 12.3. The molecule has 158 valence electrons. The van der Waals surface area contributed by atoms with Gasteiger partial charge < -0.3 is 10.1 Å². The highest BCUT2D eigenvalue weighted by Gasteiger charge is 2.34. The van der Waals surface area contributed by atoms with Gasteiger partial charge in [-0.3, -0.25) is 4.79 Å². The molecule has 1 aliphatic heterocycles. The van der Waals surface area contributed by atoms with E-state index in [1.807, 2.05) is 0 Å². The van der Waals surface area contributed by atoms with Crippen molar-refractivity contribution in [1.29, 1.82) is 0 Å². The number of nitrogens with one attached hydrogen (secondary N) is 1. The fraction of sp³-hybridized carbons (Fsp3) is 0.588. The largest absolute Gasteiger partial charge is 0.411 e. The van der Waals surface area contributed by atoms with E-state index in [1.165, 1.54) is 11.2 Å². The molecule has 1 amide bonds. The molecule has 0 bridgehead atoms. The van der Waals surface area contributed by atoms with Gasteiger partial charge in [0, 0.05) is 19.1 Å². The third-order valence-electron chi connectivity index (χ3n) is 4.23. The summed E-state index contributed by atoms with van der Waals surface area (Å²) in [7, 11) is -3.87. The molecule has 0 aromatic heterocycles. The summed E-state index contributed by atoms with van der Waals surface area (Å²) in [5.74, 6) is -1.63. The zero-order chi connectivity index (χ0) is 20.9. The standard InChI is InChI=1S/C17H22F4N2O4S/c1-12(10-27-11-17(19,20)21)22-16(24)13-3-2-8-23(9-13)28(25,26)15-6-4-14(18)5-7-15/h4-7,12-13H,2-3,8-11H2,1H3,(H,22,24). The van der Waals surface area contributed by atoms with Crippen molar-refractivity contribution in [1.82, 2.24) is 9.62 Å². The molecule has 1 aromatic rings. The van der Waals surface area contributed by atoms with Crippen LogP contribution >= 0.6 is 0 Å². The number of piperidine rings is 1. The van der Waals surface area contributed by atoms with Crippen LogP contribution in [0, 0.1) is 11.7 Å². The first-order chi connectivity index (χ1) is 13.0. The van der Waals surface area contributed by atoms with E-state index in [2.05, 4.69) is 10.1 Å². The first-order valence-corrected chi connectivity index (χ1v) is 10.1. The van der Waals surface area contributed by atoms with Crippen LogP contribution < -0.4 is 5.32 Å². The number of hydrogen-bond donors (Lipinski definition) is 1. The van der Waals surface area contributed by atoms with E-state index >= 15 is 0 Å². The summed E-state index contributed by atoms with van der Waals surface area (Å²) >= 11 is 0. The van der Waals surface area contributed by atoms with Crippen LogP contribution in [0.15, 0.2) is 29.2 Å². The molecular formula is C17H22F4N2O4S. The fourth-order valence-corrected chi connectivity index (χ4v) is 4.41. The van der Waals surface area contributed by atoms with Gasteiger partial charge in [-0.15, -0.1) is 0 Å². The normalized spacial score (nSPS) is 20.0. The van der Waals surface area contributed by atoms with Crippen molar-refractivity contribution < 1.29 is 35.5 Å². The highest BCUT2D eigenvalue weighted by molar-refractivity contribution is 7.89. The maximum absolute atomic E-state index is 13.0. The monoisotopic (exact) mass is 426 g/mol. The molecular weight excluding hydrogens is 404 g/mol. The Kier molecular flexibility index (Phi) is 7.40. The van der Waals surface area contributed by atoms with Crippen molar-refractivity contribution in [3.8, 4) is 0 Å². The predicted molar refractivity (Wildman–Crippen MR) is 92.4 cm³/mol. The maximum Gasteiger partial charge on any atom is 0.411 e. The average molecular weight is 426 g/mol. The second-order valence-electron chi connectivity index (χ2n) is 6.70. The van der Waals surface area contributed by atoms with Gasteiger partial charge in [-0.05, 0) is 44.0 Å². The van der Waals surface area contributed by atoms with Gasteiger partial charge in [0.25, 0.3) is 0 Å². The Morgan fingerprint density at radius 1 is 1.32 bits per heavy atom. The molecule has 1 aromatic carbocycles. The number of sulfonamides is 1. The maximum atomic E-state index is 13.0. The number of nitrogens with zero attached hydrogens (tertiary/aromatic N) is 1. The van der Waals surface area contributed by atoms with Gasteiger partial charge in [0.05, 0.1) is 17.4 Å². The lowest BCUT2D eigenvalue weighted by atomic mass is 9.98. The van der Waals surface area contributed by atoms with Crippen LogP contribution in [0.5, 0.6) is 0 Å². The smallest absolute Gasteiger partial charge is 0.370 e. The van der Waals surface area contributed by atoms with E-state index in [9.17, 15) is 30.8 Å². The van der Waals surface area contributed by atoms with Gasteiger partial charge in [0.15, 0.2) is 0 Å². The zero-order valence-corrected chi connectivity index (χ0v) is 16.0. The molecule has 1 N–H and O–H groups in total. The molecule has 1 fully saturated rings. The van der Waals surface area contributed by atoms with E-state index in [0.717, 1.165) is 24.3 Å². The molecule has 0 spiro atoms. The van der Waals surface area contributed by atoms with E-state index in [0.29, 0.717) is 12.8 Å². The summed E-state index contributed by atoms with van der Waals surface area (Å²) in [5.41, 5.74) is 0. The van der Waals surface area contributed by atoms with Crippen LogP contribution in [0.3, 0.4) is 0 Å². The minimum atomic E-state index is -4.44. The number of carbonyl (C=O) groups is 1. The van der Waals surface area contributed by atoms with Gasteiger partial charge in [0.2, 0.25) is 15.9 Å². The molecule has 2 rings (SSSR count). The average Bonchev–Trinajstić information content (AvgIpc) is 2.61. The molecule has 28 heavy (non-hydrogen) atoms. The van der Waals surface area contributed by atoms with Gasteiger partial charge in [-0.2, -0.15) is 17.5 Å². The number of hydrogen-bond acceptors (Lipinski definition) is 4. The van der Waals surface area contributed by atoms with Crippen molar-refractivity contribution in [2.45, 2.75) is 36.9 Å². The van der Waals surface area contributed by atoms with Crippen molar-refractivity contribution >= 4 is 15.9 Å². The summed E-state index contributed by atoms with van der Waals surface area (Å²) in [5, 5.41) is 2.55. The third-order valence-corrected chi connectivity index (χ3v) is 6.11. The number of rotatable bonds is 7. The highest BCUT2D eigenvalue weighted by Crippen LogP contribution is 2.24. The molecule has 2 unspecified atom stereocenters. The Bertz CT molecular complexity index is 768. The summed E-state index contributed by atoms with van der Waals surface area (Å²) < 4.78 is 80.3. The lowest BCUT2D eigenvalue weighted by Gasteiger charge is -2.31. The lowest BCUT2D eigenvalue weighted by Crippen LogP contribution is -2.47. The topological polar surface area (TPSA) is 75.7 Å². The summed E-state index contributed by atoms with van der Waals surface area (Å²) in [6.07, 6.45) is -3.53. The van der Waals surface area contributed by atoms with Crippen molar-refractivity contribution in [3.63, 3.8) is 0 Å². The molecule has 1 heterocycles. The van der Waals surface area contributed by atoms with Gasteiger partial charge >= 0.3 is 6.18 Å². The van der Waals surface area contributed by atoms with E-state index in [1.54, 1.807) is 0 Å². The minimum Gasteiger partial charge on any atom is -0.370 e. The molecule has 11 heteroatoms. The lowest BCUT2D eigenvalue weighted by molar-refractivity contribution is -0.175. The van der Waals surface area contributed by atoms with Gasteiger partial charge in [-0.25, -0.2) is 12.8 Å². The Morgan fingerprint density at radius 3 is 2.57 bits per heavy atom. The van der Waals surface area contributed by atoms with Crippen molar-refractivity contribution in [3.05, 3.63) is 30.1 Å². The Morgan fingerprint density at radius 2 is 1.96 bits per heavy atom. The van der Waals surface area contributed by atoms with E-state index < -0.39 is 46.5 Å². The van der Waals surface area contributed by atoms with Crippen molar-refractivity contribution in [2.24, 2.45) is 5.92 Å². The highest BCUT2D eigenvalue weighted by atomic mass is 32.2. The summed E-state index contributed by atoms with van der Waals surface area (Å²) in [6.45, 7) is -0.0323. The fourth-order valence-electron chi connectivity index (χ4n) is 2.88. The number of ether oxygens (including phenoxy) is 1.